The highest BCUT2D eigenvalue weighted by atomic mass is 35.5. The van der Waals surface area contributed by atoms with Gasteiger partial charge >= 0.3 is 0 Å². The molecule has 1 aromatic rings. The van der Waals surface area contributed by atoms with E-state index < -0.39 is 0 Å². The maximum Gasteiger partial charge on any atom is 0.118 e. The predicted molar refractivity (Wildman–Crippen MR) is 94.1 cm³/mol. The Morgan fingerprint density at radius 3 is 2.29 bits per heavy atom. The highest BCUT2D eigenvalue weighted by Crippen LogP contribution is 2.28. The van der Waals surface area contributed by atoms with Gasteiger partial charge in [0.15, 0.2) is 0 Å². The van der Waals surface area contributed by atoms with Crippen LogP contribution in [0.25, 0.3) is 0 Å². The van der Waals surface area contributed by atoms with E-state index in [0.717, 1.165) is 38.3 Å². The van der Waals surface area contributed by atoms with Crippen molar-refractivity contribution in [3.63, 3.8) is 0 Å². The van der Waals surface area contributed by atoms with Gasteiger partial charge in [0.1, 0.15) is 5.75 Å². The van der Waals surface area contributed by atoms with Crippen LogP contribution in [0.5, 0.6) is 5.75 Å². The molecule has 2 rings (SSSR count). The van der Waals surface area contributed by atoms with Crippen molar-refractivity contribution in [1.82, 2.24) is 10.2 Å². The molecule has 0 aliphatic carbocycles. The molecule has 1 atom stereocenters. The lowest BCUT2D eigenvalue weighted by atomic mass is 9.98. The summed E-state index contributed by atoms with van der Waals surface area (Å²) in [6.07, 6.45) is 1.02. The van der Waals surface area contributed by atoms with Crippen molar-refractivity contribution in [2.24, 2.45) is 0 Å². The second kappa shape index (κ2) is 10.1. The first kappa shape index (κ1) is 20.3. The van der Waals surface area contributed by atoms with Gasteiger partial charge < -0.3 is 10.1 Å². The predicted octanol–water partition coefficient (Wildman–Crippen LogP) is 3.45. The smallest absolute Gasteiger partial charge is 0.118 e. The average molecular weight is 333 g/mol. The van der Waals surface area contributed by atoms with Gasteiger partial charge in [0.05, 0.1) is 7.11 Å². The lowest BCUT2D eigenvalue weighted by Gasteiger charge is -2.35. The SMILES string of the molecule is C=C(C)C[C@@H](c1ccc(OC)cc1)N1CCNCC1.Cl.Cl. The number of piperazine rings is 1. The zero-order valence-corrected chi connectivity index (χ0v) is 14.4. The standard InChI is InChI=1S/C16H24N2O.2ClH/c1-13(2)12-16(18-10-8-17-9-11-18)14-4-6-15(19-3)7-5-14;;/h4-7,16-17H,1,8-12H2,2-3H3;2*1H/t16-;;/m0../s1. The van der Waals surface area contributed by atoms with E-state index >= 15 is 0 Å². The van der Waals surface area contributed by atoms with Crippen LogP contribution in [-0.2, 0) is 0 Å². The molecule has 0 unspecified atom stereocenters. The largest absolute Gasteiger partial charge is 0.497 e. The molecule has 0 amide bonds. The number of nitrogens with zero attached hydrogens (tertiary/aromatic N) is 1. The molecule has 0 saturated carbocycles. The molecular formula is C16H26Cl2N2O. The summed E-state index contributed by atoms with van der Waals surface area (Å²) in [5.41, 5.74) is 2.59. The lowest BCUT2D eigenvalue weighted by molar-refractivity contribution is 0.172. The molecule has 0 radical (unpaired) electrons. The summed E-state index contributed by atoms with van der Waals surface area (Å²) in [4.78, 5) is 2.55. The van der Waals surface area contributed by atoms with Crippen molar-refractivity contribution in [2.45, 2.75) is 19.4 Å². The van der Waals surface area contributed by atoms with Gasteiger partial charge in [-0.05, 0) is 31.0 Å². The summed E-state index contributed by atoms with van der Waals surface area (Å²) >= 11 is 0. The Balaban J connectivity index is 0.00000200. The Kier molecular flexibility index (Phi) is 9.71. The monoisotopic (exact) mass is 332 g/mol. The molecule has 0 bridgehead atoms. The fourth-order valence-electron chi connectivity index (χ4n) is 2.61. The second-order valence-corrected chi connectivity index (χ2v) is 5.24. The Morgan fingerprint density at radius 2 is 1.81 bits per heavy atom. The van der Waals surface area contributed by atoms with Gasteiger partial charge in [0, 0.05) is 32.2 Å². The minimum atomic E-state index is 0. The molecule has 3 nitrogen and oxygen atoms in total. The van der Waals surface area contributed by atoms with E-state index in [2.05, 4.69) is 35.9 Å². The number of halogens is 2. The van der Waals surface area contributed by atoms with Gasteiger partial charge in [-0.1, -0.05) is 17.7 Å². The molecule has 21 heavy (non-hydrogen) atoms. The van der Waals surface area contributed by atoms with Gasteiger partial charge in [-0.15, -0.1) is 31.4 Å². The number of methoxy groups -OCH3 is 1. The van der Waals surface area contributed by atoms with E-state index in [1.165, 1.54) is 11.1 Å². The molecule has 1 aliphatic heterocycles. The van der Waals surface area contributed by atoms with E-state index in [-0.39, 0.29) is 24.8 Å². The van der Waals surface area contributed by atoms with Crippen LogP contribution < -0.4 is 10.1 Å². The Labute approximate surface area is 140 Å². The van der Waals surface area contributed by atoms with Crippen LogP contribution in [0.4, 0.5) is 0 Å². The second-order valence-electron chi connectivity index (χ2n) is 5.24. The molecule has 120 valence electrons. The molecule has 1 fully saturated rings. The van der Waals surface area contributed by atoms with Gasteiger partial charge in [0.2, 0.25) is 0 Å². The minimum absolute atomic E-state index is 0. The van der Waals surface area contributed by atoms with Gasteiger partial charge in [-0.25, -0.2) is 0 Å². The molecule has 1 aromatic carbocycles. The van der Waals surface area contributed by atoms with Gasteiger partial charge in [0.25, 0.3) is 0 Å². The van der Waals surface area contributed by atoms with E-state index in [9.17, 15) is 0 Å². The van der Waals surface area contributed by atoms with Crippen LogP contribution in [0.3, 0.4) is 0 Å². The molecule has 0 spiro atoms. The van der Waals surface area contributed by atoms with Crippen LogP contribution in [0, 0.1) is 0 Å². The number of benzene rings is 1. The summed E-state index contributed by atoms with van der Waals surface area (Å²) in [5, 5.41) is 3.41. The highest BCUT2D eigenvalue weighted by molar-refractivity contribution is 5.85. The van der Waals surface area contributed by atoms with Crippen molar-refractivity contribution in [3.05, 3.63) is 42.0 Å². The summed E-state index contributed by atoms with van der Waals surface area (Å²) in [6.45, 7) is 10.5. The van der Waals surface area contributed by atoms with Crippen LogP contribution >= 0.6 is 24.8 Å². The summed E-state index contributed by atoms with van der Waals surface area (Å²) < 4.78 is 5.23. The van der Waals surface area contributed by atoms with E-state index in [1.54, 1.807) is 7.11 Å². The number of ether oxygens (including phenoxy) is 1. The number of hydrogen-bond acceptors (Lipinski definition) is 3. The maximum absolute atomic E-state index is 5.23. The summed E-state index contributed by atoms with van der Waals surface area (Å²) in [6, 6.07) is 8.87. The van der Waals surface area contributed by atoms with Crippen molar-refractivity contribution < 1.29 is 4.74 Å². The molecule has 1 aliphatic rings. The van der Waals surface area contributed by atoms with Gasteiger partial charge in [-0.2, -0.15) is 0 Å². The third kappa shape index (κ3) is 5.87. The fraction of sp³-hybridized carbons (Fsp3) is 0.500. The topological polar surface area (TPSA) is 24.5 Å². The van der Waals surface area contributed by atoms with Crippen molar-refractivity contribution in [3.8, 4) is 5.75 Å². The molecule has 5 heteroatoms. The molecular weight excluding hydrogens is 307 g/mol. The number of rotatable bonds is 5. The van der Waals surface area contributed by atoms with E-state index in [4.69, 9.17) is 4.74 Å². The Morgan fingerprint density at radius 1 is 1.24 bits per heavy atom. The van der Waals surface area contributed by atoms with Crippen LogP contribution in [0.1, 0.15) is 24.9 Å². The lowest BCUT2D eigenvalue weighted by Crippen LogP contribution is -2.45. The van der Waals surface area contributed by atoms with Gasteiger partial charge in [-0.3, -0.25) is 4.90 Å². The van der Waals surface area contributed by atoms with Crippen LogP contribution in [-0.4, -0.2) is 38.2 Å². The van der Waals surface area contributed by atoms with Crippen molar-refractivity contribution in [1.29, 1.82) is 0 Å². The minimum Gasteiger partial charge on any atom is -0.497 e. The fourth-order valence-corrected chi connectivity index (χ4v) is 2.61. The first-order valence-electron chi connectivity index (χ1n) is 6.94. The third-order valence-electron chi connectivity index (χ3n) is 3.63. The first-order chi connectivity index (χ1) is 9.20. The normalized spacial score (nSPS) is 16.3. The molecule has 1 heterocycles. The molecule has 0 aromatic heterocycles. The maximum atomic E-state index is 5.23. The highest BCUT2D eigenvalue weighted by Gasteiger charge is 2.22. The Hall–Kier alpha value is -0.740. The van der Waals surface area contributed by atoms with E-state index in [0.29, 0.717) is 6.04 Å². The zero-order valence-electron chi connectivity index (χ0n) is 12.8. The quantitative estimate of drug-likeness (QED) is 0.836. The summed E-state index contributed by atoms with van der Waals surface area (Å²) in [5.74, 6) is 0.915. The zero-order chi connectivity index (χ0) is 13.7. The number of hydrogen-bond donors (Lipinski definition) is 1. The van der Waals surface area contributed by atoms with Crippen molar-refractivity contribution >= 4 is 24.8 Å². The summed E-state index contributed by atoms with van der Waals surface area (Å²) in [7, 11) is 1.71. The van der Waals surface area contributed by atoms with Crippen LogP contribution in [0.2, 0.25) is 0 Å². The average Bonchev–Trinajstić information content (AvgIpc) is 2.46. The Bertz CT molecular complexity index is 417. The van der Waals surface area contributed by atoms with Crippen molar-refractivity contribution in [2.75, 3.05) is 33.3 Å². The number of nitrogens with one attached hydrogen (secondary N) is 1. The van der Waals surface area contributed by atoms with Crippen LogP contribution in [0.15, 0.2) is 36.4 Å². The molecule has 1 saturated heterocycles. The molecule has 1 N–H and O–H groups in total. The van der Waals surface area contributed by atoms with E-state index in [1.807, 2.05) is 12.1 Å². The first-order valence-corrected chi connectivity index (χ1v) is 6.94. The third-order valence-corrected chi connectivity index (χ3v) is 3.63.